The lowest BCUT2D eigenvalue weighted by molar-refractivity contribution is -0.0425. The third-order valence-corrected chi connectivity index (χ3v) is 3.57. The maximum atomic E-state index is 2.68. The Hall–Kier alpha value is -0.0800. The minimum Gasteiger partial charge on any atom is -0.305 e. The molecule has 82 valence electrons. The van der Waals surface area contributed by atoms with Gasteiger partial charge in [-0.25, -0.2) is 0 Å². The molecule has 0 atom stereocenters. The van der Waals surface area contributed by atoms with Crippen LogP contribution in [0.2, 0.25) is 0 Å². The molecule has 2 heteroatoms. The number of hydrogen-bond acceptors (Lipinski definition) is 2. The fraction of sp³-hybridized carbons (Fsp3) is 1.00. The molecule has 2 saturated heterocycles. The van der Waals surface area contributed by atoms with Gasteiger partial charge in [0.1, 0.15) is 0 Å². The lowest BCUT2D eigenvalue weighted by atomic mass is 9.73. The van der Waals surface area contributed by atoms with Crippen molar-refractivity contribution in [3.05, 3.63) is 0 Å². The van der Waals surface area contributed by atoms with Crippen molar-refractivity contribution < 1.29 is 0 Å². The van der Waals surface area contributed by atoms with Crippen LogP contribution in [0, 0.1) is 11.3 Å². The molecule has 0 aromatic carbocycles. The van der Waals surface area contributed by atoms with Gasteiger partial charge in [0.25, 0.3) is 0 Å². The van der Waals surface area contributed by atoms with Gasteiger partial charge in [-0.05, 0) is 32.4 Å². The summed E-state index contributed by atoms with van der Waals surface area (Å²) in [4.78, 5) is 5.14. The van der Waals surface area contributed by atoms with Crippen molar-refractivity contribution in [2.24, 2.45) is 11.3 Å². The van der Waals surface area contributed by atoms with Crippen molar-refractivity contribution in [1.82, 2.24) is 9.80 Å². The highest BCUT2D eigenvalue weighted by molar-refractivity contribution is 4.98. The van der Waals surface area contributed by atoms with Crippen LogP contribution in [0.3, 0.4) is 0 Å². The van der Waals surface area contributed by atoms with Crippen LogP contribution in [0.15, 0.2) is 0 Å². The van der Waals surface area contributed by atoms with E-state index in [1.54, 1.807) is 0 Å². The summed E-state index contributed by atoms with van der Waals surface area (Å²) in [6, 6.07) is 0. The second-order valence-electron chi connectivity index (χ2n) is 5.90. The van der Waals surface area contributed by atoms with E-state index in [4.69, 9.17) is 0 Å². The van der Waals surface area contributed by atoms with Crippen LogP contribution in [0.25, 0.3) is 0 Å². The van der Waals surface area contributed by atoms with Gasteiger partial charge in [-0.2, -0.15) is 0 Å². The van der Waals surface area contributed by atoms with Gasteiger partial charge >= 0.3 is 0 Å². The van der Waals surface area contributed by atoms with Gasteiger partial charge in [0, 0.05) is 31.6 Å². The first-order chi connectivity index (χ1) is 6.60. The van der Waals surface area contributed by atoms with Gasteiger partial charge in [0.2, 0.25) is 0 Å². The van der Waals surface area contributed by atoms with Gasteiger partial charge < -0.3 is 9.80 Å². The first-order valence-electron chi connectivity index (χ1n) is 6.01. The second kappa shape index (κ2) is 3.82. The molecule has 0 amide bonds. The molecule has 2 aliphatic rings. The second-order valence-corrected chi connectivity index (χ2v) is 5.90. The van der Waals surface area contributed by atoms with Crippen LogP contribution >= 0.6 is 0 Å². The third kappa shape index (κ3) is 2.12. The molecule has 0 aromatic heterocycles. The van der Waals surface area contributed by atoms with E-state index < -0.39 is 0 Å². The van der Waals surface area contributed by atoms with Crippen molar-refractivity contribution in [1.29, 1.82) is 0 Å². The first-order valence-corrected chi connectivity index (χ1v) is 6.01. The summed E-state index contributed by atoms with van der Waals surface area (Å²) in [6.45, 7) is 11.3. The average molecular weight is 196 g/mol. The van der Waals surface area contributed by atoms with Crippen molar-refractivity contribution >= 4 is 0 Å². The largest absolute Gasteiger partial charge is 0.305 e. The minimum atomic E-state index is 0.682. The van der Waals surface area contributed by atoms with Crippen molar-refractivity contribution in [3.63, 3.8) is 0 Å². The summed E-state index contributed by atoms with van der Waals surface area (Å²) in [5.74, 6) is 0.822. The molecule has 0 N–H and O–H groups in total. The Morgan fingerprint density at radius 3 is 2.50 bits per heavy atom. The molecular formula is C12H24N2. The van der Waals surface area contributed by atoms with E-state index in [9.17, 15) is 0 Å². The third-order valence-electron chi connectivity index (χ3n) is 3.57. The molecule has 0 saturated carbocycles. The zero-order valence-corrected chi connectivity index (χ0v) is 9.92. The molecule has 0 radical (unpaired) electrons. The Labute approximate surface area is 88.3 Å². The topological polar surface area (TPSA) is 6.48 Å². The molecule has 1 spiro atoms. The summed E-state index contributed by atoms with van der Waals surface area (Å²) in [5.41, 5.74) is 0.682. The molecule has 0 aliphatic carbocycles. The quantitative estimate of drug-likeness (QED) is 0.663. The zero-order valence-electron chi connectivity index (χ0n) is 9.92. The molecule has 0 aromatic rings. The predicted molar refractivity (Wildman–Crippen MR) is 60.4 cm³/mol. The SMILES string of the molecule is CC(C)CN1CCCC2(CN(C)C2)C1. The van der Waals surface area contributed by atoms with E-state index in [1.165, 1.54) is 45.6 Å². The van der Waals surface area contributed by atoms with Crippen molar-refractivity contribution in [2.75, 3.05) is 39.8 Å². The van der Waals surface area contributed by atoms with Crippen LogP contribution in [0.4, 0.5) is 0 Å². The highest BCUT2D eigenvalue weighted by Gasteiger charge is 2.43. The van der Waals surface area contributed by atoms with Crippen LogP contribution in [0.1, 0.15) is 26.7 Å². The molecule has 2 fully saturated rings. The molecule has 2 nitrogen and oxygen atoms in total. The average Bonchev–Trinajstić information content (AvgIpc) is 2.00. The summed E-state index contributed by atoms with van der Waals surface area (Å²) in [7, 11) is 2.24. The lowest BCUT2D eigenvalue weighted by Crippen LogP contribution is -2.61. The van der Waals surface area contributed by atoms with Gasteiger partial charge in [0.15, 0.2) is 0 Å². The highest BCUT2D eigenvalue weighted by Crippen LogP contribution is 2.38. The van der Waals surface area contributed by atoms with Crippen LogP contribution in [-0.4, -0.2) is 49.6 Å². The Morgan fingerprint density at radius 1 is 1.21 bits per heavy atom. The Kier molecular flexibility index (Phi) is 2.85. The van der Waals surface area contributed by atoms with Crippen LogP contribution in [-0.2, 0) is 0 Å². The monoisotopic (exact) mass is 196 g/mol. The first kappa shape index (κ1) is 10.4. The van der Waals surface area contributed by atoms with E-state index >= 15 is 0 Å². The number of rotatable bonds is 2. The van der Waals surface area contributed by atoms with Gasteiger partial charge in [0.05, 0.1) is 0 Å². The lowest BCUT2D eigenvalue weighted by Gasteiger charge is -2.54. The van der Waals surface area contributed by atoms with E-state index in [-0.39, 0.29) is 0 Å². The summed E-state index contributed by atoms with van der Waals surface area (Å²) < 4.78 is 0. The Bertz CT molecular complexity index is 189. The number of hydrogen-bond donors (Lipinski definition) is 0. The fourth-order valence-corrected chi connectivity index (χ4v) is 3.34. The Balaban J connectivity index is 1.85. The molecular weight excluding hydrogens is 172 g/mol. The normalized spacial score (nSPS) is 28.3. The molecule has 2 aliphatic heterocycles. The maximum absolute atomic E-state index is 2.68. The molecule has 2 rings (SSSR count). The smallest absolute Gasteiger partial charge is 0.00850 e. The van der Waals surface area contributed by atoms with Crippen molar-refractivity contribution in [3.8, 4) is 0 Å². The van der Waals surface area contributed by atoms with E-state index in [0.29, 0.717) is 5.41 Å². The summed E-state index contributed by atoms with van der Waals surface area (Å²) >= 11 is 0. The fourth-order valence-electron chi connectivity index (χ4n) is 3.34. The zero-order chi connectivity index (χ0) is 10.2. The predicted octanol–water partition coefficient (Wildman–Crippen LogP) is 1.67. The van der Waals surface area contributed by atoms with E-state index in [2.05, 4.69) is 30.7 Å². The molecule has 14 heavy (non-hydrogen) atoms. The van der Waals surface area contributed by atoms with Gasteiger partial charge in [-0.1, -0.05) is 13.8 Å². The summed E-state index contributed by atoms with van der Waals surface area (Å²) in [5, 5.41) is 0. The van der Waals surface area contributed by atoms with E-state index in [1.807, 2.05) is 0 Å². The minimum absolute atomic E-state index is 0.682. The van der Waals surface area contributed by atoms with Crippen LogP contribution < -0.4 is 0 Å². The highest BCUT2D eigenvalue weighted by atomic mass is 15.2. The molecule has 0 bridgehead atoms. The molecule has 2 heterocycles. The number of piperidine rings is 1. The molecule has 0 unspecified atom stereocenters. The number of nitrogens with zero attached hydrogens (tertiary/aromatic N) is 2. The van der Waals surface area contributed by atoms with E-state index in [0.717, 1.165) is 5.92 Å². The number of likely N-dealkylation sites (tertiary alicyclic amines) is 2. The van der Waals surface area contributed by atoms with Gasteiger partial charge in [-0.15, -0.1) is 0 Å². The standard InChI is InChI=1S/C12H24N2/c1-11(2)7-14-6-4-5-12(10-14)8-13(3)9-12/h11H,4-10H2,1-3H3. The maximum Gasteiger partial charge on any atom is 0.00850 e. The van der Waals surface area contributed by atoms with Gasteiger partial charge in [-0.3, -0.25) is 0 Å². The summed E-state index contributed by atoms with van der Waals surface area (Å²) in [6.07, 6.45) is 2.88. The van der Waals surface area contributed by atoms with Crippen LogP contribution in [0.5, 0.6) is 0 Å². The Morgan fingerprint density at radius 2 is 1.93 bits per heavy atom. The van der Waals surface area contributed by atoms with Crippen molar-refractivity contribution in [2.45, 2.75) is 26.7 Å².